The summed E-state index contributed by atoms with van der Waals surface area (Å²) in [4.78, 5) is 23.2. The number of amides is 1. The molecule has 1 aromatic heterocycles. The maximum absolute atomic E-state index is 12.0. The first-order valence-corrected chi connectivity index (χ1v) is 10.0. The Kier molecular flexibility index (Phi) is 5.77. The van der Waals surface area contributed by atoms with Gasteiger partial charge in [-0.15, -0.1) is 11.3 Å². The third kappa shape index (κ3) is 4.76. The molecule has 128 valence electrons. The Morgan fingerprint density at radius 1 is 1.35 bits per heavy atom. The molecular weight excluding hydrogens is 340 g/mol. The van der Waals surface area contributed by atoms with E-state index in [-0.39, 0.29) is 16.8 Å². The number of carbonyl (C=O) groups is 2. The zero-order chi connectivity index (χ0) is 17.0. The Hall–Kier alpha value is -1.45. The highest BCUT2D eigenvalue weighted by Crippen LogP contribution is 2.22. The van der Waals surface area contributed by atoms with Crippen LogP contribution in [0, 0.1) is 0 Å². The number of carbonyl (C=O) groups excluding carboxylic acids is 1. The first kappa shape index (κ1) is 17.9. The minimum absolute atomic E-state index is 0.0861. The molecule has 23 heavy (non-hydrogen) atoms. The van der Waals surface area contributed by atoms with Gasteiger partial charge in [-0.25, -0.2) is 13.2 Å². The number of carboxylic acid groups (broad SMARTS) is 1. The predicted octanol–water partition coefficient (Wildman–Crippen LogP) is 1.38. The Balaban J connectivity index is 1.87. The highest BCUT2D eigenvalue weighted by atomic mass is 32.2. The van der Waals surface area contributed by atoms with E-state index in [1.54, 1.807) is 0 Å². The van der Waals surface area contributed by atoms with E-state index in [0.717, 1.165) is 30.6 Å². The van der Waals surface area contributed by atoms with Crippen LogP contribution in [0.3, 0.4) is 0 Å². The van der Waals surface area contributed by atoms with Crippen molar-refractivity contribution >= 4 is 33.2 Å². The molecule has 0 bridgehead atoms. The number of rotatable bonds is 6. The van der Waals surface area contributed by atoms with E-state index in [1.165, 1.54) is 22.7 Å². The maximum Gasteiger partial charge on any atom is 0.345 e. The number of hydrogen-bond acceptors (Lipinski definition) is 5. The van der Waals surface area contributed by atoms with Crippen LogP contribution >= 0.6 is 11.3 Å². The van der Waals surface area contributed by atoms with Crippen LogP contribution in [0.2, 0.25) is 0 Å². The van der Waals surface area contributed by atoms with E-state index in [9.17, 15) is 18.0 Å². The molecule has 1 atom stereocenters. The van der Waals surface area contributed by atoms with Gasteiger partial charge >= 0.3 is 5.97 Å². The highest BCUT2D eigenvalue weighted by molar-refractivity contribution is 7.88. The molecule has 1 aromatic rings. The normalized spacial score (nSPS) is 19.4. The number of hydrogen-bond donors (Lipinski definition) is 2. The molecule has 2 heterocycles. The van der Waals surface area contributed by atoms with Gasteiger partial charge in [-0.2, -0.15) is 4.31 Å². The average Bonchev–Trinajstić information content (AvgIpc) is 2.96. The van der Waals surface area contributed by atoms with Gasteiger partial charge in [0.2, 0.25) is 10.0 Å². The fourth-order valence-electron chi connectivity index (χ4n) is 2.71. The van der Waals surface area contributed by atoms with E-state index < -0.39 is 16.0 Å². The minimum atomic E-state index is -3.23. The van der Waals surface area contributed by atoms with Crippen molar-refractivity contribution in [1.29, 1.82) is 0 Å². The highest BCUT2D eigenvalue weighted by Gasteiger charge is 2.28. The smallest absolute Gasteiger partial charge is 0.345 e. The van der Waals surface area contributed by atoms with Crippen molar-refractivity contribution in [2.75, 3.05) is 19.3 Å². The molecule has 1 aliphatic rings. The number of carboxylic acids is 1. The first-order chi connectivity index (χ1) is 10.8. The van der Waals surface area contributed by atoms with Gasteiger partial charge < -0.3 is 10.4 Å². The van der Waals surface area contributed by atoms with Gasteiger partial charge in [-0.3, -0.25) is 4.79 Å². The summed E-state index contributed by atoms with van der Waals surface area (Å²) in [5.41, 5.74) is 0. The number of piperidine rings is 1. The van der Waals surface area contributed by atoms with Gasteiger partial charge in [-0.1, -0.05) is 6.42 Å². The molecule has 0 aliphatic carbocycles. The number of aromatic carboxylic acids is 1. The minimum Gasteiger partial charge on any atom is -0.477 e. The van der Waals surface area contributed by atoms with Crippen LogP contribution in [0.4, 0.5) is 0 Å². The van der Waals surface area contributed by atoms with Crippen LogP contribution in [0.1, 0.15) is 45.0 Å². The third-order valence-electron chi connectivity index (χ3n) is 3.80. The maximum atomic E-state index is 12.0. The van der Waals surface area contributed by atoms with Crippen molar-refractivity contribution in [3.8, 4) is 0 Å². The van der Waals surface area contributed by atoms with Crippen molar-refractivity contribution in [3.63, 3.8) is 0 Å². The molecule has 2 N–H and O–H groups in total. The van der Waals surface area contributed by atoms with Gasteiger partial charge in [-0.05, 0) is 31.4 Å². The SMILES string of the molecule is CS(=O)(=O)N1CCCCC1CCNC(=O)c1ccc(C(=O)O)s1. The van der Waals surface area contributed by atoms with Crippen LogP contribution in [0.5, 0.6) is 0 Å². The van der Waals surface area contributed by atoms with Gasteiger partial charge in [0.05, 0.1) is 11.1 Å². The van der Waals surface area contributed by atoms with Crippen LogP contribution in [0.25, 0.3) is 0 Å². The van der Waals surface area contributed by atoms with Crippen molar-refractivity contribution in [1.82, 2.24) is 9.62 Å². The van der Waals surface area contributed by atoms with E-state index in [2.05, 4.69) is 5.32 Å². The second kappa shape index (κ2) is 7.41. The van der Waals surface area contributed by atoms with E-state index >= 15 is 0 Å². The molecule has 1 saturated heterocycles. The van der Waals surface area contributed by atoms with Gasteiger partial charge in [0, 0.05) is 19.1 Å². The molecule has 0 saturated carbocycles. The zero-order valence-corrected chi connectivity index (χ0v) is 14.5. The number of nitrogens with zero attached hydrogens (tertiary/aromatic N) is 1. The van der Waals surface area contributed by atoms with Crippen molar-refractivity contribution in [3.05, 3.63) is 21.9 Å². The number of nitrogens with one attached hydrogen (secondary N) is 1. The van der Waals surface area contributed by atoms with Crippen LogP contribution in [0.15, 0.2) is 12.1 Å². The molecule has 1 aliphatic heterocycles. The molecule has 0 spiro atoms. The van der Waals surface area contributed by atoms with E-state index in [0.29, 0.717) is 24.4 Å². The summed E-state index contributed by atoms with van der Waals surface area (Å²) in [6.45, 7) is 0.889. The van der Waals surface area contributed by atoms with E-state index in [1.807, 2.05) is 0 Å². The summed E-state index contributed by atoms with van der Waals surface area (Å²) < 4.78 is 25.0. The lowest BCUT2D eigenvalue weighted by Gasteiger charge is -2.33. The number of sulfonamides is 1. The summed E-state index contributed by atoms with van der Waals surface area (Å²) in [5, 5.41) is 11.6. The van der Waals surface area contributed by atoms with Crippen LogP contribution < -0.4 is 5.32 Å². The van der Waals surface area contributed by atoms with E-state index in [4.69, 9.17) is 5.11 Å². The number of thiophene rings is 1. The summed E-state index contributed by atoms with van der Waals surface area (Å²) in [6.07, 6.45) is 4.41. The second-order valence-corrected chi connectivity index (χ2v) is 8.56. The molecule has 0 aromatic carbocycles. The standard InChI is InChI=1S/C14H20N2O5S2/c1-23(20,21)16-9-3-2-4-10(16)7-8-15-13(17)11-5-6-12(22-11)14(18)19/h5-6,10H,2-4,7-9H2,1H3,(H,15,17)(H,18,19). The van der Waals surface area contributed by atoms with Gasteiger partial charge in [0.15, 0.2) is 0 Å². The van der Waals surface area contributed by atoms with Crippen LogP contribution in [-0.4, -0.2) is 55.1 Å². The summed E-state index contributed by atoms with van der Waals surface area (Å²) in [5.74, 6) is -1.38. The lowest BCUT2D eigenvalue weighted by atomic mass is 10.0. The Labute approximate surface area is 139 Å². The summed E-state index contributed by atoms with van der Waals surface area (Å²) in [7, 11) is -3.23. The topological polar surface area (TPSA) is 104 Å². The molecule has 1 unspecified atom stereocenters. The molecule has 7 nitrogen and oxygen atoms in total. The molecule has 1 fully saturated rings. The van der Waals surface area contributed by atoms with Crippen molar-refractivity contribution in [2.45, 2.75) is 31.7 Å². The molecular formula is C14H20N2O5S2. The third-order valence-corrected chi connectivity index (χ3v) is 6.21. The molecule has 0 radical (unpaired) electrons. The monoisotopic (exact) mass is 360 g/mol. The Bertz CT molecular complexity index is 683. The fraction of sp³-hybridized carbons (Fsp3) is 0.571. The predicted molar refractivity (Wildman–Crippen MR) is 87.4 cm³/mol. The summed E-state index contributed by atoms with van der Waals surface area (Å²) >= 11 is 0.922. The average molecular weight is 360 g/mol. The van der Waals surface area contributed by atoms with Gasteiger partial charge in [0.1, 0.15) is 4.88 Å². The zero-order valence-electron chi connectivity index (χ0n) is 12.8. The first-order valence-electron chi connectivity index (χ1n) is 7.37. The lowest BCUT2D eigenvalue weighted by Crippen LogP contribution is -2.44. The van der Waals surface area contributed by atoms with Crippen molar-refractivity contribution < 1.29 is 23.1 Å². The largest absolute Gasteiger partial charge is 0.477 e. The molecule has 9 heteroatoms. The lowest BCUT2D eigenvalue weighted by molar-refractivity contribution is 0.0702. The Morgan fingerprint density at radius 2 is 2.04 bits per heavy atom. The quantitative estimate of drug-likeness (QED) is 0.798. The second-order valence-electron chi connectivity index (χ2n) is 5.54. The fourth-order valence-corrected chi connectivity index (χ4v) is 4.69. The molecule has 1 amide bonds. The van der Waals surface area contributed by atoms with Crippen molar-refractivity contribution in [2.24, 2.45) is 0 Å². The summed E-state index contributed by atoms with van der Waals surface area (Å²) in [6, 6.07) is 2.79. The van der Waals surface area contributed by atoms with Gasteiger partial charge in [0.25, 0.3) is 5.91 Å². The van der Waals surface area contributed by atoms with Crippen LogP contribution in [-0.2, 0) is 10.0 Å². The molecule has 2 rings (SSSR count). The Morgan fingerprint density at radius 3 is 2.65 bits per heavy atom.